The molecule has 4 nitrogen and oxygen atoms in total. The third kappa shape index (κ3) is 3.76. The Morgan fingerprint density at radius 2 is 1.87 bits per heavy atom. The van der Waals surface area contributed by atoms with Gasteiger partial charge in [-0.1, -0.05) is 18.2 Å². The van der Waals surface area contributed by atoms with E-state index in [9.17, 15) is 18.0 Å². The van der Waals surface area contributed by atoms with Gasteiger partial charge in [-0.05, 0) is 55.7 Å². The molecule has 0 unspecified atom stereocenters. The summed E-state index contributed by atoms with van der Waals surface area (Å²) < 4.78 is 42.6. The Kier molecular flexibility index (Phi) is 5.43. The van der Waals surface area contributed by atoms with Crippen molar-refractivity contribution in [3.63, 3.8) is 0 Å². The molecule has 1 aliphatic rings. The molecule has 0 bridgehead atoms. The lowest BCUT2D eigenvalue weighted by Gasteiger charge is -2.18. The molecule has 0 saturated carbocycles. The summed E-state index contributed by atoms with van der Waals surface area (Å²) in [6, 6.07) is 8.98. The van der Waals surface area contributed by atoms with Gasteiger partial charge in [-0.25, -0.2) is 18.2 Å². The second-order valence-electron chi connectivity index (χ2n) is 7.70. The second kappa shape index (κ2) is 8.06. The topological polar surface area (TPSA) is 45.2 Å². The van der Waals surface area contributed by atoms with Gasteiger partial charge in [-0.2, -0.15) is 0 Å². The first kappa shape index (κ1) is 20.9. The van der Waals surface area contributed by atoms with Crippen LogP contribution in [0.15, 0.2) is 42.6 Å². The van der Waals surface area contributed by atoms with Gasteiger partial charge in [0.05, 0.1) is 24.3 Å². The summed E-state index contributed by atoms with van der Waals surface area (Å²) >= 11 is 0. The van der Waals surface area contributed by atoms with Crippen molar-refractivity contribution < 1.29 is 18.0 Å². The number of rotatable bonds is 5. The van der Waals surface area contributed by atoms with E-state index in [1.165, 1.54) is 12.1 Å². The highest BCUT2D eigenvalue weighted by Gasteiger charge is 2.32. The molecule has 0 radical (unpaired) electrons. The molecule has 0 saturated heterocycles. The summed E-state index contributed by atoms with van der Waals surface area (Å²) in [6.07, 6.45) is 1.03. The van der Waals surface area contributed by atoms with Crippen molar-refractivity contribution in [2.24, 2.45) is 0 Å². The van der Waals surface area contributed by atoms with Crippen LogP contribution in [0.25, 0.3) is 11.1 Å². The van der Waals surface area contributed by atoms with Crippen LogP contribution in [0.5, 0.6) is 0 Å². The maximum Gasteiger partial charge on any atom is 0.257 e. The number of anilines is 1. The first-order chi connectivity index (χ1) is 14.8. The number of amides is 1. The molecule has 7 heteroatoms. The van der Waals surface area contributed by atoms with Crippen LogP contribution < -0.4 is 5.32 Å². The van der Waals surface area contributed by atoms with E-state index in [2.05, 4.69) is 10.3 Å². The SMILES string of the molecule is CCN1Cc2c(N[C@@H](C)c3ccc(-c4ccc(F)c(C)c4)c(F)c3)ncc(F)c2C1=O. The number of hydrogen-bond acceptors (Lipinski definition) is 3. The predicted molar refractivity (Wildman–Crippen MR) is 113 cm³/mol. The zero-order chi connectivity index (χ0) is 22.3. The zero-order valence-corrected chi connectivity index (χ0v) is 17.5. The Morgan fingerprint density at radius 3 is 2.55 bits per heavy atom. The Bertz CT molecular complexity index is 1180. The van der Waals surface area contributed by atoms with E-state index in [4.69, 9.17) is 0 Å². The van der Waals surface area contributed by atoms with Crippen LogP contribution in [0.3, 0.4) is 0 Å². The van der Waals surface area contributed by atoms with Gasteiger partial charge in [0, 0.05) is 17.7 Å². The first-order valence-electron chi connectivity index (χ1n) is 10.1. The molecule has 31 heavy (non-hydrogen) atoms. The number of hydrogen-bond donors (Lipinski definition) is 1. The molecule has 4 rings (SSSR count). The minimum Gasteiger partial charge on any atom is -0.363 e. The van der Waals surface area contributed by atoms with E-state index in [1.807, 2.05) is 13.8 Å². The number of nitrogens with zero attached hydrogens (tertiary/aromatic N) is 2. The van der Waals surface area contributed by atoms with E-state index >= 15 is 0 Å². The van der Waals surface area contributed by atoms with E-state index in [-0.39, 0.29) is 29.9 Å². The van der Waals surface area contributed by atoms with E-state index in [0.717, 1.165) is 6.20 Å². The number of carbonyl (C=O) groups excluding carboxylic acids is 1. The van der Waals surface area contributed by atoms with Crippen molar-refractivity contribution >= 4 is 11.7 Å². The summed E-state index contributed by atoms with van der Waals surface area (Å²) in [5.41, 5.74) is 2.64. The molecular weight excluding hydrogens is 403 g/mol. The van der Waals surface area contributed by atoms with Crippen LogP contribution in [-0.4, -0.2) is 22.3 Å². The summed E-state index contributed by atoms with van der Waals surface area (Å²) in [5, 5.41) is 3.18. The average molecular weight is 425 g/mol. The maximum atomic E-state index is 14.8. The molecule has 160 valence electrons. The van der Waals surface area contributed by atoms with Crippen molar-refractivity contribution in [2.75, 3.05) is 11.9 Å². The van der Waals surface area contributed by atoms with Crippen molar-refractivity contribution in [1.29, 1.82) is 0 Å². The van der Waals surface area contributed by atoms with Gasteiger partial charge in [0.1, 0.15) is 17.5 Å². The summed E-state index contributed by atoms with van der Waals surface area (Å²) in [7, 11) is 0. The Morgan fingerprint density at radius 1 is 1.10 bits per heavy atom. The van der Waals surface area contributed by atoms with Gasteiger partial charge in [-0.3, -0.25) is 4.79 Å². The summed E-state index contributed by atoms with van der Waals surface area (Å²) in [5.74, 6) is -1.34. The zero-order valence-electron chi connectivity index (χ0n) is 17.5. The molecule has 2 heterocycles. The third-order valence-corrected chi connectivity index (χ3v) is 5.68. The number of pyridine rings is 1. The molecule has 0 spiro atoms. The van der Waals surface area contributed by atoms with Crippen molar-refractivity contribution in [2.45, 2.75) is 33.4 Å². The maximum absolute atomic E-state index is 14.8. The number of fused-ring (bicyclic) bond motifs is 1. The molecule has 1 atom stereocenters. The van der Waals surface area contributed by atoms with Crippen LogP contribution in [0, 0.1) is 24.4 Å². The van der Waals surface area contributed by atoms with Gasteiger partial charge in [0.25, 0.3) is 5.91 Å². The van der Waals surface area contributed by atoms with Crippen LogP contribution >= 0.6 is 0 Å². The second-order valence-corrected chi connectivity index (χ2v) is 7.70. The summed E-state index contributed by atoms with van der Waals surface area (Å²) in [4.78, 5) is 18.1. The number of aryl methyl sites for hydroxylation is 1. The smallest absolute Gasteiger partial charge is 0.257 e. The van der Waals surface area contributed by atoms with E-state index in [0.29, 0.717) is 40.2 Å². The largest absolute Gasteiger partial charge is 0.363 e. The quantitative estimate of drug-likeness (QED) is 0.577. The van der Waals surface area contributed by atoms with Gasteiger partial charge in [-0.15, -0.1) is 0 Å². The molecule has 0 aliphatic carbocycles. The highest BCUT2D eigenvalue weighted by Crippen LogP contribution is 2.33. The number of aromatic nitrogens is 1. The lowest BCUT2D eigenvalue weighted by Crippen LogP contribution is -2.23. The number of halogens is 3. The van der Waals surface area contributed by atoms with Gasteiger partial charge < -0.3 is 10.2 Å². The van der Waals surface area contributed by atoms with E-state index in [1.54, 1.807) is 36.1 Å². The minimum atomic E-state index is -0.640. The normalized spacial score (nSPS) is 14.0. The molecule has 3 aromatic rings. The van der Waals surface area contributed by atoms with Gasteiger partial charge in [0.15, 0.2) is 5.82 Å². The fourth-order valence-corrected chi connectivity index (χ4v) is 3.85. The Hall–Kier alpha value is -3.35. The monoisotopic (exact) mass is 425 g/mol. The van der Waals surface area contributed by atoms with Crippen molar-refractivity contribution in [3.8, 4) is 11.1 Å². The van der Waals surface area contributed by atoms with Crippen molar-refractivity contribution in [1.82, 2.24) is 9.88 Å². The summed E-state index contributed by atoms with van der Waals surface area (Å²) in [6.45, 7) is 6.05. The first-order valence-corrected chi connectivity index (χ1v) is 10.1. The number of nitrogens with one attached hydrogen (secondary N) is 1. The highest BCUT2D eigenvalue weighted by atomic mass is 19.1. The average Bonchev–Trinajstić information content (AvgIpc) is 3.09. The molecule has 2 aromatic carbocycles. The minimum absolute atomic E-state index is 0.0414. The van der Waals surface area contributed by atoms with Crippen LogP contribution in [0.2, 0.25) is 0 Å². The molecular formula is C24H22F3N3O. The lowest BCUT2D eigenvalue weighted by atomic mass is 9.99. The molecule has 1 aliphatic heterocycles. The molecule has 0 fully saturated rings. The molecule has 1 N–H and O–H groups in total. The predicted octanol–water partition coefficient (Wildman–Crippen LogP) is 5.62. The Labute approximate surface area is 178 Å². The number of benzene rings is 2. The van der Waals surface area contributed by atoms with E-state index < -0.39 is 11.6 Å². The van der Waals surface area contributed by atoms with Gasteiger partial charge in [0.2, 0.25) is 0 Å². The van der Waals surface area contributed by atoms with Crippen LogP contribution in [0.4, 0.5) is 19.0 Å². The Balaban J connectivity index is 1.61. The lowest BCUT2D eigenvalue weighted by molar-refractivity contribution is 0.0784. The third-order valence-electron chi connectivity index (χ3n) is 5.68. The fourth-order valence-electron chi connectivity index (χ4n) is 3.85. The van der Waals surface area contributed by atoms with Crippen molar-refractivity contribution in [3.05, 3.63) is 82.3 Å². The highest BCUT2D eigenvalue weighted by molar-refractivity contribution is 5.99. The standard InChI is InChI=1S/C24H22F3N3O/c1-4-30-12-18-22(24(30)31)21(27)11-28-23(18)29-14(3)15-5-7-17(20(26)10-15)16-6-8-19(25)13(2)9-16/h5-11,14H,4,12H2,1-3H3,(H,28,29)/t14-/m0/s1. The molecule has 1 aromatic heterocycles. The van der Waals surface area contributed by atoms with Crippen LogP contribution in [-0.2, 0) is 6.54 Å². The van der Waals surface area contributed by atoms with Crippen LogP contribution in [0.1, 0.15) is 46.9 Å². The molecule has 1 amide bonds. The van der Waals surface area contributed by atoms with Gasteiger partial charge >= 0.3 is 0 Å². The number of carbonyl (C=O) groups is 1. The fraction of sp³-hybridized carbons (Fsp3) is 0.250.